The minimum absolute atomic E-state index is 0.00451. The minimum Gasteiger partial charge on any atom is -0.352 e. The lowest BCUT2D eigenvalue weighted by atomic mass is 10.3. The molecule has 0 aromatic carbocycles. The average molecular weight is 300 g/mol. The van der Waals surface area contributed by atoms with Gasteiger partial charge in [0, 0.05) is 17.6 Å². The van der Waals surface area contributed by atoms with Gasteiger partial charge in [-0.25, -0.2) is 4.98 Å². The number of carbonyl (C=O) groups is 1. The van der Waals surface area contributed by atoms with Crippen molar-refractivity contribution in [1.29, 1.82) is 0 Å². The van der Waals surface area contributed by atoms with E-state index in [1.165, 1.54) is 0 Å². The monoisotopic (exact) mass is 299 g/mol. The van der Waals surface area contributed by atoms with Gasteiger partial charge in [0.15, 0.2) is 0 Å². The topological polar surface area (TPSA) is 45.2 Å². The van der Waals surface area contributed by atoms with E-state index >= 15 is 0 Å². The normalized spacial score (nSPS) is 10.5. The zero-order valence-electron chi connectivity index (χ0n) is 10.6. The van der Waals surface area contributed by atoms with Crippen LogP contribution in [0.3, 0.4) is 0 Å². The number of amides is 1. The van der Waals surface area contributed by atoms with Gasteiger partial charge in [-0.2, -0.15) is 0 Å². The number of nitrogens with one attached hydrogen (secondary N) is 1. The van der Waals surface area contributed by atoms with Crippen LogP contribution in [0, 0.1) is 6.92 Å². The van der Waals surface area contributed by atoms with Gasteiger partial charge in [0.1, 0.15) is 5.82 Å². The van der Waals surface area contributed by atoms with Gasteiger partial charge in [-0.15, -0.1) is 0 Å². The van der Waals surface area contributed by atoms with Crippen molar-refractivity contribution in [3.8, 4) is 0 Å². The Kier molecular flexibility index (Phi) is 4.93. The molecule has 0 saturated carbocycles. The molecule has 1 N–H and O–H groups in total. The van der Waals surface area contributed by atoms with E-state index in [0.717, 1.165) is 16.0 Å². The summed E-state index contributed by atoms with van der Waals surface area (Å²) in [5, 5.41) is 2.85. The minimum atomic E-state index is 0.00451. The number of hydrogen-bond acceptors (Lipinski definition) is 3. The van der Waals surface area contributed by atoms with Crippen molar-refractivity contribution >= 4 is 27.7 Å². The molecule has 4 nitrogen and oxygen atoms in total. The summed E-state index contributed by atoms with van der Waals surface area (Å²) in [5.74, 6) is 0.800. The lowest BCUT2D eigenvalue weighted by molar-refractivity contribution is -0.120. The zero-order chi connectivity index (χ0) is 13.0. The van der Waals surface area contributed by atoms with Crippen molar-refractivity contribution in [2.24, 2.45) is 0 Å². The Hall–Kier alpha value is -1.10. The Morgan fingerprint density at radius 1 is 1.53 bits per heavy atom. The molecule has 1 aromatic rings. The summed E-state index contributed by atoms with van der Waals surface area (Å²) < 4.78 is 0.973. The van der Waals surface area contributed by atoms with Crippen LogP contribution in [0.1, 0.15) is 19.5 Å². The van der Waals surface area contributed by atoms with E-state index in [-0.39, 0.29) is 11.9 Å². The summed E-state index contributed by atoms with van der Waals surface area (Å²) in [6.45, 7) is 6.13. The SMILES string of the molecule is Cc1nc(N(C)CC(=O)NC(C)C)ccc1Br. The smallest absolute Gasteiger partial charge is 0.239 e. The van der Waals surface area contributed by atoms with Gasteiger partial charge < -0.3 is 10.2 Å². The molecule has 0 aliphatic heterocycles. The van der Waals surface area contributed by atoms with E-state index in [0.29, 0.717) is 6.54 Å². The lowest BCUT2D eigenvalue weighted by Gasteiger charge is -2.19. The molecule has 1 heterocycles. The number of nitrogens with zero attached hydrogens (tertiary/aromatic N) is 2. The number of hydrogen-bond donors (Lipinski definition) is 1. The van der Waals surface area contributed by atoms with Gasteiger partial charge in [0.2, 0.25) is 5.91 Å². The molecule has 0 aliphatic carbocycles. The van der Waals surface area contributed by atoms with Crippen molar-refractivity contribution in [2.75, 3.05) is 18.5 Å². The second-order valence-corrected chi connectivity index (χ2v) is 5.17. The summed E-state index contributed by atoms with van der Waals surface area (Å²) in [7, 11) is 1.86. The molecule has 94 valence electrons. The number of carbonyl (C=O) groups excluding carboxylic acids is 1. The van der Waals surface area contributed by atoms with Gasteiger partial charge >= 0.3 is 0 Å². The highest BCUT2D eigenvalue weighted by atomic mass is 79.9. The van der Waals surface area contributed by atoms with Crippen LogP contribution in [0.2, 0.25) is 0 Å². The Labute approximate surface area is 111 Å². The predicted octanol–water partition coefficient (Wildman–Crippen LogP) is 2.11. The largest absolute Gasteiger partial charge is 0.352 e. The molecule has 0 bridgehead atoms. The highest BCUT2D eigenvalue weighted by Gasteiger charge is 2.10. The van der Waals surface area contributed by atoms with Crippen molar-refractivity contribution < 1.29 is 4.79 Å². The van der Waals surface area contributed by atoms with E-state index in [1.54, 1.807) is 0 Å². The molecule has 5 heteroatoms. The Morgan fingerprint density at radius 2 is 2.18 bits per heavy atom. The molecule has 0 fully saturated rings. The third kappa shape index (κ3) is 4.34. The van der Waals surface area contributed by atoms with E-state index in [4.69, 9.17) is 0 Å². The van der Waals surface area contributed by atoms with Crippen LogP contribution in [-0.2, 0) is 4.79 Å². The number of aromatic nitrogens is 1. The zero-order valence-corrected chi connectivity index (χ0v) is 12.2. The predicted molar refractivity (Wildman–Crippen MR) is 73.2 cm³/mol. The number of aryl methyl sites for hydroxylation is 1. The molecule has 1 rings (SSSR count). The van der Waals surface area contributed by atoms with Crippen molar-refractivity contribution in [3.05, 3.63) is 22.3 Å². The maximum atomic E-state index is 11.6. The highest BCUT2D eigenvalue weighted by Crippen LogP contribution is 2.17. The van der Waals surface area contributed by atoms with E-state index in [1.807, 2.05) is 44.9 Å². The van der Waals surface area contributed by atoms with Crippen molar-refractivity contribution in [2.45, 2.75) is 26.8 Å². The maximum Gasteiger partial charge on any atom is 0.239 e. The van der Waals surface area contributed by atoms with Gasteiger partial charge in [-0.1, -0.05) is 0 Å². The first-order valence-electron chi connectivity index (χ1n) is 5.53. The summed E-state index contributed by atoms with van der Waals surface area (Å²) in [4.78, 5) is 17.8. The van der Waals surface area contributed by atoms with Crippen LogP contribution in [-0.4, -0.2) is 30.5 Å². The van der Waals surface area contributed by atoms with Gasteiger partial charge in [0.05, 0.1) is 12.2 Å². The molecule has 0 radical (unpaired) electrons. The van der Waals surface area contributed by atoms with Crippen LogP contribution in [0.5, 0.6) is 0 Å². The Balaban J connectivity index is 2.66. The first-order chi connectivity index (χ1) is 7.90. The molecular weight excluding hydrogens is 282 g/mol. The molecule has 0 saturated heterocycles. The molecule has 1 amide bonds. The third-order valence-electron chi connectivity index (χ3n) is 2.23. The molecular formula is C12H18BrN3O. The molecule has 0 aliphatic rings. The summed E-state index contributed by atoms with van der Waals surface area (Å²) >= 11 is 3.40. The second-order valence-electron chi connectivity index (χ2n) is 4.31. The first kappa shape index (κ1) is 14.0. The molecule has 0 atom stereocenters. The van der Waals surface area contributed by atoms with Crippen molar-refractivity contribution in [1.82, 2.24) is 10.3 Å². The van der Waals surface area contributed by atoms with Crippen molar-refractivity contribution in [3.63, 3.8) is 0 Å². The van der Waals surface area contributed by atoms with Gasteiger partial charge in [-0.05, 0) is 48.8 Å². The highest BCUT2D eigenvalue weighted by molar-refractivity contribution is 9.10. The standard InChI is InChI=1S/C12H18BrN3O/c1-8(2)14-12(17)7-16(4)11-6-5-10(13)9(3)15-11/h5-6,8H,7H2,1-4H3,(H,14,17). The van der Waals surface area contributed by atoms with E-state index in [2.05, 4.69) is 26.2 Å². The lowest BCUT2D eigenvalue weighted by Crippen LogP contribution is -2.38. The average Bonchev–Trinajstić information content (AvgIpc) is 2.20. The molecule has 1 aromatic heterocycles. The van der Waals surface area contributed by atoms with Gasteiger partial charge in [0.25, 0.3) is 0 Å². The first-order valence-corrected chi connectivity index (χ1v) is 6.33. The number of halogens is 1. The fourth-order valence-electron chi connectivity index (χ4n) is 1.41. The Morgan fingerprint density at radius 3 is 2.71 bits per heavy atom. The summed E-state index contributed by atoms with van der Waals surface area (Å²) in [6.07, 6.45) is 0. The van der Waals surface area contributed by atoms with E-state index in [9.17, 15) is 4.79 Å². The van der Waals surface area contributed by atoms with Crippen LogP contribution >= 0.6 is 15.9 Å². The van der Waals surface area contributed by atoms with Crippen LogP contribution in [0.4, 0.5) is 5.82 Å². The molecule has 17 heavy (non-hydrogen) atoms. The number of likely N-dealkylation sites (N-methyl/N-ethyl adjacent to an activating group) is 1. The molecule has 0 spiro atoms. The van der Waals surface area contributed by atoms with Crippen LogP contribution < -0.4 is 10.2 Å². The summed E-state index contributed by atoms with van der Waals surface area (Å²) in [5.41, 5.74) is 0.915. The fourth-order valence-corrected chi connectivity index (χ4v) is 1.63. The second kappa shape index (κ2) is 6.00. The van der Waals surface area contributed by atoms with Gasteiger partial charge in [-0.3, -0.25) is 4.79 Å². The summed E-state index contributed by atoms with van der Waals surface area (Å²) in [6, 6.07) is 3.99. The Bertz CT molecular complexity index is 407. The molecule has 0 unspecified atom stereocenters. The van der Waals surface area contributed by atoms with E-state index < -0.39 is 0 Å². The number of anilines is 1. The van der Waals surface area contributed by atoms with Crippen LogP contribution in [0.25, 0.3) is 0 Å². The fraction of sp³-hybridized carbons (Fsp3) is 0.500. The maximum absolute atomic E-state index is 11.6. The third-order valence-corrected chi connectivity index (χ3v) is 3.07. The quantitative estimate of drug-likeness (QED) is 0.926. The number of pyridine rings is 1. The number of rotatable bonds is 4. The van der Waals surface area contributed by atoms with Crippen LogP contribution in [0.15, 0.2) is 16.6 Å².